The zero-order chi connectivity index (χ0) is 13.8. The van der Waals surface area contributed by atoms with Crippen molar-refractivity contribution in [2.75, 3.05) is 7.05 Å². The van der Waals surface area contributed by atoms with Crippen LogP contribution in [0, 0.1) is 0 Å². The monoisotopic (exact) mass is 265 g/mol. The standard InChI is InChI=1S/C16H15N3O/c1-17-10-13-7-3-5-9-15(13)20-16-18-11-12-6-2-4-8-14(12)19-16/h2-9,11,17H,10H2,1H3. The molecule has 1 N–H and O–H groups in total. The Morgan fingerprint density at radius 3 is 2.75 bits per heavy atom. The predicted octanol–water partition coefficient (Wildman–Crippen LogP) is 3.14. The van der Waals surface area contributed by atoms with Crippen LogP contribution in [-0.2, 0) is 6.54 Å². The van der Waals surface area contributed by atoms with E-state index in [-0.39, 0.29) is 0 Å². The Morgan fingerprint density at radius 1 is 1.05 bits per heavy atom. The van der Waals surface area contributed by atoms with Crippen LogP contribution in [0.4, 0.5) is 0 Å². The molecule has 3 aromatic rings. The van der Waals surface area contributed by atoms with Gasteiger partial charge < -0.3 is 10.1 Å². The molecule has 1 heterocycles. The van der Waals surface area contributed by atoms with Gasteiger partial charge >= 0.3 is 6.01 Å². The number of hydrogen-bond donors (Lipinski definition) is 1. The van der Waals surface area contributed by atoms with E-state index < -0.39 is 0 Å². The average molecular weight is 265 g/mol. The molecule has 0 bridgehead atoms. The number of nitrogens with one attached hydrogen (secondary N) is 1. The van der Waals surface area contributed by atoms with Gasteiger partial charge in [-0.2, -0.15) is 4.98 Å². The number of para-hydroxylation sites is 2. The van der Waals surface area contributed by atoms with Crippen LogP contribution in [0.2, 0.25) is 0 Å². The molecular weight excluding hydrogens is 250 g/mol. The Hall–Kier alpha value is -2.46. The molecule has 1 aromatic heterocycles. The zero-order valence-electron chi connectivity index (χ0n) is 11.2. The first-order chi connectivity index (χ1) is 9.86. The van der Waals surface area contributed by atoms with E-state index in [1.807, 2.05) is 55.6 Å². The Balaban J connectivity index is 1.93. The van der Waals surface area contributed by atoms with Crippen LogP contribution < -0.4 is 10.1 Å². The van der Waals surface area contributed by atoms with Crippen LogP contribution in [0.3, 0.4) is 0 Å². The third-order valence-electron chi connectivity index (χ3n) is 3.01. The normalized spacial score (nSPS) is 10.7. The predicted molar refractivity (Wildman–Crippen MR) is 78.8 cm³/mol. The molecule has 0 atom stereocenters. The molecule has 20 heavy (non-hydrogen) atoms. The van der Waals surface area contributed by atoms with Gasteiger partial charge in [0, 0.05) is 23.7 Å². The van der Waals surface area contributed by atoms with Crippen molar-refractivity contribution >= 4 is 10.9 Å². The fraction of sp³-hybridized carbons (Fsp3) is 0.125. The highest BCUT2D eigenvalue weighted by molar-refractivity contribution is 5.77. The van der Waals surface area contributed by atoms with Gasteiger partial charge in [0.2, 0.25) is 0 Å². The third kappa shape index (κ3) is 2.60. The van der Waals surface area contributed by atoms with Crippen molar-refractivity contribution < 1.29 is 4.74 Å². The molecule has 0 aliphatic carbocycles. The van der Waals surface area contributed by atoms with Gasteiger partial charge in [0.25, 0.3) is 0 Å². The van der Waals surface area contributed by atoms with Crippen LogP contribution in [0.25, 0.3) is 10.9 Å². The maximum Gasteiger partial charge on any atom is 0.322 e. The largest absolute Gasteiger partial charge is 0.424 e. The smallest absolute Gasteiger partial charge is 0.322 e. The molecule has 0 radical (unpaired) electrons. The molecule has 0 saturated heterocycles. The molecule has 4 nitrogen and oxygen atoms in total. The summed E-state index contributed by atoms with van der Waals surface area (Å²) in [5.41, 5.74) is 1.95. The molecule has 0 unspecified atom stereocenters. The summed E-state index contributed by atoms with van der Waals surface area (Å²) in [4.78, 5) is 8.67. The van der Waals surface area contributed by atoms with E-state index in [1.165, 1.54) is 0 Å². The lowest BCUT2D eigenvalue weighted by Crippen LogP contribution is -2.06. The van der Waals surface area contributed by atoms with Gasteiger partial charge in [-0.05, 0) is 19.2 Å². The highest BCUT2D eigenvalue weighted by Crippen LogP contribution is 2.23. The van der Waals surface area contributed by atoms with Crippen LogP contribution in [0.15, 0.2) is 54.7 Å². The van der Waals surface area contributed by atoms with Gasteiger partial charge in [-0.3, -0.25) is 0 Å². The number of hydrogen-bond acceptors (Lipinski definition) is 4. The second-order valence-electron chi connectivity index (χ2n) is 4.45. The minimum Gasteiger partial charge on any atom is -0.424 e. The average Bonchev–Trinajstić information content (AvgIpc) is 2.49. The van der Waals surface area contributed by atoms with Crippen LogP contribution in [-0.4, -0.2) is 17.0 Å². The Bertz CT molecular complexity index is 727. The van der Waals surface area contributed by atoms with Gasteiger partial charge in [-0.25, -0.2) is 4.98 Å². The Kier molecular flexibility index (Phi) is 3.56. The minimum atomic E-state index is 0.368. The number of aromatic nitrogens is 2. The SMILES string of the molecule is CNCc1ccccc1Oc1ncc2ccccc2n1. The molecule has 0 saturated carbocycles. The van der Waals surface area contributed by atoms with Crippen LogP contribution >= 0.6 is 0 Å². The topological polar surface area (TPSA) is 47.0 Å². The Labute approximate surface area is 117 Å². The van der Waals surface area contributed by atoms with Crippen LogP contribution in [0.1, 0.15) is 5.56 Å². The van der Waals surface area contributed by atoms with E-state index in [0.29, 0.717) is 6.01 Å². The maximum absolute atomic E-state index is 5.81. The molecular formula is C16H15N3O. The van der Waals surface area contributed by atoms with Gasteiger partial charge in [0.1, 0.15) is 5.75 Å². The van der Waals surface area contributed by atoms with Gasteiger partial charge in [-0.1, -0.05) is 36.4 Å². The van der Waals surface area contributed by atoms with E-state index in [0.717, 1.165) is 28.8 Å². The third-order valence-corrected chi connectivity index (χ3v) is 3.01. The van der Waals surface area contributed by atoms with Crippen LogP contribution in [0.5, 0.6) is 11.8 Å². The summed E-state index contributed by atoms with van der Waals surface area (Å²) in [5.74, 6) is 0.775. The van der Waals surface area contributed by atoms with E-state index in [2.05, 4.69) is 15.3 Å². The van der Waals surface area contributed by atoms with Crippen molar-refractivity contribution in [1.82, 2.24) is 15.3 Å². The highest BCUT2D eigenvalue weighted by Gasteiger charge is 2.06. The lowest BCUT2D eigenvalue weighted by atomic mass is 10.2. The van der Waals surface area contributed by atoms with Crippen molar-refractivity contribution in [3.05, 3.63) is 60.3 Å². The molecule has 0 aliphatic heterocycles. The highest BCUT2D eigenvalue weighted by atomic mass is 16.5. The number of benzene rings is 2. The summed E-state index contributed by atoms with van der Waals surface area (Å²) in [6, 6.07) is 16.1. The molecule has 4 heteroatoms. The van der Waals surface area contributed by atoms with E-state index >= 15 is 0 Å². The summed E-state index contributed by atoms with van der Waals surface area (Å²) in [5, 5.41) is 4.12. The second kappa shape index (κ2) is 5.67. The number of rotatable bonds is 4. The minimum absolute atomic E-state index is 0.368. The summed E-state index contributed by atoms with van der Waals surface area (Å²) in [7, 11) is 1.91. The number of fused-ring (bicyclic) bond motifs is 1. The summed E-state index contributed by atoms with van der Waals surface area (Å²) < 4.78 is 5.81. The fourth-order valence-corrected chi connectivity index (χ4v) is 2.04. The summed E-state index contributed by atoms with van der Waals surface area (Å²) >= 11 is 0. The first-order valence-electron chi connectivity index (χ1n) is 6.49. The van der Waals surface area contributed by atoms with E-state index in [1.54, 1.807) is 6.20 Å². The van der Waals surface area contributed by atoms with E-state index in [9.17, 15) is 0 Å². The zero-order valence-corrected chi connectivity index (χ0v) is 11.2. The quantitative estimate of drug-likeness (QED) is 0.787. The lowest BCUT2D eigenvalue weighted by molar-refractivity contribution is 0.437. The molecule has 0 spiro atoms. The Morgan fingerprint density at radius 2 is 1.85 bits per heavy atom. The summed E-state index contributed by atoms with van der Waals surface area (Å²) in [6.07, 6.45) is 1.78. The molecule has 3 rings (SSSR count). The van der Waals surface area contributed by atoms with Gasteiger partial charge in [0.05, 0.1) is 5.52 Å². The molecule has 0 fully saturated rings. The number of ether oxygens (including phenoxy) is 1. The van der Waals surface area contributed by atoms with Gasteiger partial charge in [0.15, 0.2) is 0 Å². The molecule has 2 aromatic carbocycles. The maximum atomic E-state index is 5.81. The van der Waals surface area contributed by atoms with Crippen molar-refractivity contribution in [3.63, 3.8) is 0 Å². The van der Waals surface area contributed by atoms with E-state index in [4.69, 9.17) is 4.74 Å². The first-order valence-corrected chi connectivity index (χ1v) is 6.49. The summed E-state index contributed by atoms with van der Waals surface area (Å²) in [6.45, 7) is 0.740. The first kappa shape index (κ1) is 12.6. The lowest BCUT2D eigenvalue weighted by Gasteiger charge is -2.09. The van der Waals surface area contributed by atoms with Crippen molar-refractivity contribution in [3.8, 4) is 11.8 Å². The molecule has 0 aliphatic rings. The van der Waals surface area contributed by atoms with Crippen molar-refractivity contribution in [2.45, 2.75) is 6.54 Å². The second-order valence-corrected chi connectivity index (χ2v) is 4.45. The fourth-order valence-electron chi connectivity index (χ4n) is 2.04. The van der Waals surface area contributed by atoms with Crippen molar-refractivity contribution in [2.24, 2.45) is 0 Å². The molecule has 0 amide bonds. The number of nitrogens with zero attached hydrogens (tertiary/aromatic N) is 2. The van der Waals surface area contributed by atoms with Gasteiger partial charge in [-0.15, -0.1) is 0 Å². The molecule has 100 valence electrons. The van der Waals surface area contributed by atoms with Crippen molar-refractivity contribution in [1.29, 1.82) is 0 Å².